The maximum Gasteiger partial charge on any atom is 0.242 e. The van der Waals surface area contributed by atoms with Crippen molar-refractivity contribution in [3.8, 4) is 11.6 Å². The zero-order chi connectivity index (χ0) is 12.4. The van der Waals surface area contributed by atoms with Crippen LogP contribution in [0.5, 0.6) is 11.6 Å². The average molecular weight is 249 g/mol. The molecule has 0 radical (unpaired) electrons. The van der Waals surface area contributed by atoms with Gasteiger partial charge in [-0.1, -0.05) is 11.6 Å². The Labute approximate surface area is 105 Å². The summed E-state index contributed by atoms with van der Waals surface area (Å²) >= 11 is 5.94. The van der Waals surface area contributed by atoms with Gasteiger partial charge in [0.15, 0.2) is 0 Å². The standard InChI is InChI=1S/C13H13ClN2O/c1-8-7-10(4-5-11(8)14)17-13-12(15)6-3-9(2)16-13/h3-7H,15H2,1-2H3. The molecule has 88 valence electrons. The summed E-state index contributed by atoms with van der Waals surface area (Å²) in [5.74, 6) is 1.10. The van der Waals surface area contributed by atoms with Crippen LogP contribution in [0.1, 0.15) is 11.3 Å². The van der Waals surface area contributed by atoms with Crippen molar-refractivity contribution in [3.63, 3.8) is 0 Å². The third-order valence-electron chi connectivity index (χ3n) is 2.37. The fourth-order valence-electron chi connectivity index (χ4n) is 1.42. The monoisotopic (exact) mass is 248 g/mol. The molecule has 0 saturated carbocycles. The number of rotatable bonds is 2. The van der Waals surface area contributed by atoms with Gasteiger partial charge in [0, 0.05) is 10.7 Å². The summed E-state index contributed by atoms with van der Waals surface area (Å²) in [6.07, 6.45) is 0. The largest absolute Gasteiger partial charge is 0.437 e. The molecule has 1 aromatic carbocycles. The number of nitrogen functional groups attached to an aromatic ring is 1. The van der Waals surface area contributed by atoms with Crippen LogP contribution in [0.2, 0.25) is 5.02 Å². The van der Waals surface area contributed by atoms with E-state index in [0.29, 0.717) is 22.3 Å². The predicted octanol–water partition coefficient (Wildman–Crippen LogP) is 3.73. The summed E-state index contributed by atoms with van der Waals surface area (Å²) in [6.45, 7) is 3.81. The maximum atomic E-state index is 5.94. The fraction of sp³-hybridized carbons (Fsp3) is 0.154. The van der Waals surface area contributed by atoms with Crippen LogP contribution in [-0.4, -0.2) is 4.98 Å². The van der Waals surface area contributed by atoms with Crippen molar-refractivity contribution in [1.82, 2.24) is 4.98 Å². The first-order valence-electron chi connectivity index (χ1n) is 5.23. The van der Waals surface area contributed by atoms with Crippen molar-refractivity contribution in [2.45, 2.75) is 13.8 Å². The number of nitrogens with two attached hydrogens (primary N) is 1. The molecule has 0 saturated heterocycles. The second kappa shape index (κ2) is 4.63. The third kappa shape index (κ3) is 2.68. The number of aryl methyl sites for hydroxylation is 2. The first kappa shape index (κ1) is 11.7. The summed E-state index contributed by atoms with van der Waals surface area (Å²) < 4.78 is 5.63. The Morgan fingerprint density at radius 2 is 1.94 bits per heavy atom. The van der Waals surface area contributed by atoms with Gasteiger partial charge in [0.2, 0.25) is 5.88 Å². The van der Waals surface area contributed by atoms with Crippen LogP contribution < -0.4 is 10.5 Å². The molecule has 0 fully saturated rings. The lowest BCUT2D eigenvalue weighted by atomic mass is 10.2. The lowest BCUT2D eigenvalue weighted by molar-refractivity contribution is 0.464. The molecular formula is C13H13ClN2O. The Bertz CT molecular complexity index is 555. The Kier molecular flexibility index (Phi) is 3.20. The van der Waals surface area contributed by atoms with Crippen LogP contribution in [0.15, 0.2) is 30.3 Å². The molecule has 17 heavy (non-hydrogen) atoms. The van der Waals surface area contributed by atoms with Crippen LogP contribution in [-0.2, 0) is 0 Å². The second-order valence-electron chi connectivity index (χ2n) is 3.86. The highest BCUT2D eigenvalue weighted by atomic mass is 35.5. The van der Waals surface area contributed by atoms with Crippen molar-refractivity contribution in [3.05, 3.63) is 46.6 Å². The van der Waals surface area contributed by atoms with Gasteiger partial charge in [0.25, 0.3) is 0 Å². The summed E-state index contributed by atoms with van der Waals surface area (Å²) in [7, 11) is 0. The normalized spacial score (nSPS) is 10.3. The minimum absolute atomic E-state index is 0.423. The van der Waals surface area contributed by atoms with Crippen LogP contribution in [0, 0.1) is 13.8 Å². The van der Waals surface area contributed by atoms with Crippen molar-refractivity contribution in [1.29, 1.82) is 0 Å². The van der Waals surface area contributed by atoms with Crippen molar-refractivity contribution >= 4 is 17.3 Å². The number of nitrogens with zero attached hydrogens (tertiary/aromatic N) is 1. The smallest absolute Gasteiger partial charge is 0.242 e. The van der Waals surface area contributed by atoms with E-state index < -0.39 is 0 Å². The second-order valence-corrected chi connectivity index (χ2v) is 4.27. The van der Waals surface area contributed by atoms with E-state index in [1.54, 1.807) is 18.2 Å². The van der Waals surface area contributed by atoms with Gasteiger partial charge < -0.3 is 10.5 Å². The zero-order valence-electron chi connectivity index (χ0n) is 9.70. The SMILES string of the molecule is Cc1ccc(N)c(Oc2ccc(Cl)c(C)c2)n1. The molecule has 0 unspecified atom stereocenters. The number of benzene rings is 1. The van der Waals surface area contributed by atoms with E-state index in [1.165, 1.54) is 0 Å². The minimum Gasteiger partial charge on any atom is -0.437 e. The van der Waals surface area contributed by atoms with E-state index >= 15 is 0 Å². The summed E-state index contributed by atoms with van der Waals surface area (Å²) in [6, 6.07) is 9.05. The highest BCUT2D eigenvalue weighted by Crippen LogP contribution is 2.28. The van der Waals surface area contributed by atoms with Gasteiger partial charge in [0.1, 0.15) is 5.75 Å². The van der Waals surface area contributed by atoms with Gasteiger partial charge in [-0.15, -0.1) is 0 Å². The molecule has 0 aliphatic rings. The molecular weight excluding hydrogens is 236 g/mol. The summed E-state index contributed by atoms with van der Waals surface area (Å²) in [5.41, 5.74) is 8.12. The predicted molar refractivity (Wildman–Crippen MR) is 69.6 cm³/mol. The van der Waals surface area contributed by atoms with E-state index in [1.807, 2.05) is 26.0 Å². The summed E-state index contributed by atoms with van der Waals surface area (Å²) in [4.78, 5) is 4.24. The lowest BCUT2D eigenvalue weighted by Gasteiger charge is -2.09. The molecule has 0 spiro atoms. The number of hydrogen-bond donors (Lipinski definition) is 1. The maximum absolute atomic E-state index is 5.94. The van der Waals surface area contributed by atoms with E-state index in [0.717, 1.165) is 11.3 Å². The van der Waals surface area contributed by atoms with Gasteiger partial charge in [-0.25, -0.2) is 4.98 Å². The number of anilines is 1. The third-order valence-corrected chi connectivity index (χ3v) is 2.80. The molecule has 0 bridgehead atoms. The number of pyridine rings is 1. The minimum atomic E-state index is 0.423. The number of hydrogen-bond acceptors (Lipinski definition) is 3. The van der Waals surface area contributed by atoms with E-state index in [2.05, 4.69) is 4.98 Å². The Morgan fingerprint density at radius 1 is 1.18 bits per heavy atom. The Hall–Kier alpha value is -1.74. The van der Waals surface area contributed by atoms with Crippen molar-refractivity contribution in [2.24, 2.45) is 0 Å². The molecule has 3 nitrogen and oxygen atoms in total. The van der Waals surface area contributed by atoms with Gasteiger partial charge >= 0.3 is 0 Å². The Balaban J connectivity index is 2.31. The van der Waals surface area contributed by atoms with Gasteiger partial charge in [-0.05, 0) is 49.7 Å². The van der Waals surface area contributed by atoms with Crippen molar-refractivity contribution in [2.75, 3.05) is 5.73 Å². The number of ether oxygens (including phenoxy) is 1. The van der Waals surface area contributed by atoms with E-state index in [-0.39, 0.29) is 0 Å². The zero-order valence-corrected chi connectivity index (χ0v) is 10.5. The van der Waals surface area contributed by atoms with Gasteiger partial charge in [-0.3, -0.25) is 0 Å². The summed E-state index contributed by atoms with van der Waals surface area (Å²) in [5, 5.41) is 0.711. The molecule has 2 rings (SSSR count). The average Bonchev–Trinajstić information content (AvgIpc) is 2.29. The van der Waals surface area contributed by atoms with Gasteiger partial charge in [0.05, 0.1) is 5.69 Å². The first-order valence-corrected chi connectivity index (χ1v) is 5.61. The molecule has 4 heteroatoms. The highest BCUT2D eigenvalue weighted by Gasteiger charge is 2.05. The Morgan fingerprint density at radius 3 is 2.65 bits per heavy atom. The molecule has 0 atom stereocenters. The highest BCUT2D eigenvalue weighted by molar-refractivity contribution is 6.31. The first-order chi connectivity index (χ1) is 8.06. The van der Waals surface area contributed by atoms with Crippen molar-refractivity contribution < 1.29 is 4.74 Å². The molecule has 1 heterocycles. The van der Waals surface area contributed by atoms with Crippen LogP contribution >= 0.6 is 11.6 Å². The molecule has 0 aliphatic heterocycles. The number of halogens is 1. The molecule has 2 N–H and O–H groups in total. The van der Waals surface area contributed by atoms with Gasteiger partial charge in [-0.2, -0.15) is 0 Å². The van der Waals surface area contributed by atoms with Crippen LogP contribution in [0.3, 0.4) is 0 Å². The molecule has 1 aromatic heterocycles. The molecule has 0 aliphatic carbocycles. The topological polar surface area (TPSA) is 48.1 Å². The van der Waals surface area contributed by atoms with E-state index in [9.17, 15) is 0 Å². The molecule has 2 aromatic rings. The molecule has 0 amide bonds. The van der Waals surface area contributed by atoms with Crippen LogP contribution in [0.4, 0.5) is 5.69 Å². The van der Waals surface area contributed by atoms with Crippen LogP contribution in [0.25, 0.3) is 0 Å². The fourth-order valence-corrected chi connectivity index (χ4v) is 1.54. The number of aromatic nitrogens is 1. The lowest BCUT2D eigenvalue weighted by Crippen LogP contribution is -1.96. The quantitative estimate of drug-likeness (QED) is 0.881. The van der Waals surface area contributed by atoms with E-state index in [4.69, 9.17) is 22.1 Å².